The molecular weight excluding hydrogens is 250 g/mol. The van der Waals surface area contributed by atoms with E-state index < -0.39 is 15.6 Å². The molecule has 0 atom stereocenters. The van der Waals surface area contributed by atoms with Gasteiger partial charge in [0.2, 0.25) is 10.0 Å². The van der Waals surface area contributed by atoms with Gasteiger partial charge in [-0.3, -0.25) is 4.98 Å². The Hall–Kier alpha value is -0.980. The molecule has 1 heterocycles. The van der Waals surface area contributed by atoms with Crippen LogP contribution in [0.25, 0.3) is 0 Å². The van der Waals surface area contributed by atoms with E-state index >= 15 is 0 Å². The number of rotatable bonds is 7. The summed E-state index contributed by atoms with van der Waals surface area (Å²) in [5.41, 5.74) is 0.538. The topological polar surface area (TPSA) is 71.1 Å². The maximum absolute atomic E-state index is 11.2. The van der Waals surface area contributed by atoms with Crippen molar-refractivity contribution in [3.8, 4) is 0 Å². The van der Waals surface area contributed by atoms with Crippen LogP contribution in [0.4, 0.5) is 0 Å². The van der Waals surface area contributed by atoms with Gasteiger partial charge in [-0.05, 0) is 26.0 Å². The zero-order chi connectivity index (χ0) is 13.6. The van der Waals surface area contributed by atoms with Gasteiger partial charge in [-0.2, -0.15) is 0 Å². The summed E-state index contributed by atoms with van der Waals surface area (Å²) in [5.74, 6) is 0. The van der Waals surface area contributed by atoms with Gasteiger partial charge in [0, 0.05) is 36.9 Å². The lowest BCUT2D eigenvalue weighted by molar-refractivity contribution is 0.422. The average molecular weight is 271 g/mol. The molecule has 0 bridgehead atoms. The summed E-state index contributed by atoms with van der Waals surface area (Å²) in [7, 11) is -3.17. The van der Waals surface area contributed by atoms with Crippen molar-refractivity contribution in [3.63, 3.8) is 0 Å². The molecule has 1 aromatic heterocycles. The third-order valence-corrected chi connectivity index (χ3v) is 3.24. The number of nitrogens with one attached hydrogen (secondary N) is 2. The zero-order valence-corrected chi connectivity index (χ0v) is 11.9. The maximum atomic E-state index is 11.2. The van der Waals surface area contributed by atoms with E-state index in [2.05, 4.69) is 15.0 Å². The Morgan fingerprint density at radius 3 is 2.61 bits per heavy atom. The van der Waals surface area contributed by atoms with Crippen LogP contribution in [0.5, 0.6) is 0 Å². The Morgan fingerprint density at radius 2 is 2.06 bits per heavy atom. The number of hydrogen-bond acceptors (Lipinski definition) is 4. The molecule has 0 spiro atoms. The molecule has 102 valence electrons. The minimum Gasteiger partial charge on any atom is -0.314 e. The first kappa shape index (κ1) is 15.1. The quantitative estimate of drug-likeness (QED) is 0.710. The van der Waals surface area contributed by atoms with Crippen LogP contribution >= 0.6 is 0 Å². The largest absolute Gasteiger partial charge is 0.314 e. The minimum atomic E-state index is -3.17. The Bertz CT molecular complexity index is 457. The van der Waals surface area contributed by atoms with Gasteiger partial charge in [0.15, 0.2) is 0 Å². The number of pyridine rings is 1. The summed E-state index contributed by atoms with van der Waals surface area (Å²) in [6.45, 7) is 5.04. The minimum absolute atomic E-state index is 0.488. The van der Waals surface area contributed by atoms with Gasteiger partial charge in [0.1, 0.15) is 0 Å². The maximum Gasteiger partial charge on any atom is 0.209 e. The third-order valence-electron chi connectivity index (χ3n) is 2.31. The summed E-state index contributed by atoms with van der Waals surface area (Å²) in [6.07, 6.45) is 3.77. The van der Waals surface area contributed by atoms with Crippen LogP contribution in [0, 0.1) is 0 Å². The molecular formula is C12H21N3O2S. The van der Waals surface area contributed by atoms with Gasteiger partial charge in [-0.1, -0.05) is 6.07 Å². The van der Waals surface area contributed by atoms with E-state index in [4.69, 9.17) is 0 Å². The number of sulfonamides is 1. The zero-order valence-electron chi connectivity index (χ0n) is 11.1. The van der Waals surface area contributed by atoms with Gasteiger partial charge in [0.05, 0.1) is 6.26 Å². The van der Waals surface area contributed by atoms with E-state index in [1.807, 2.05) is 32.0 Å². The van der Waals surface area contributed by atoms with Gasteiger partial charge < -0.3 is 5.32 Å². The van der Waals surface area contributed by atoms with Crippen LogP contribution in [0.1, 0.15) is 19.5 Å². The van der Waals surface area contributed by atoms with Crippen molar-refractivity contribution in [2.75, 3.05) is 19.3 Å². The Balaban J connectivity index is 2.29. The fraction of sp³-hybridized carbons (Fsp3) is 0.583. The fourth-order valence-electron chi connectivity index (χ4n) is 1.70. The van der Waals surface area contributed by atoms with Crippen molar-refractivity contribution >= 4 is 10.0 Å². The first-order valence-electron chi connectivity index (χ1n) is 5.88. The molecule has 0 aliphatic carbocycles. The van der Waals surface area contributed by atoms with Crippen LogP contribution in [-0.2, 0) is 16.4 Å². The smallest absolute Gasteiger partial charge is 0.209 e. The van der Waals surface area contributed by atoms with E-state index in [1.54, 1.807) is 6.20 Å². The van der Waals surface area contributed by atoms with Crippen LogP contribution in [-0.4, -0.2) is 38.3 Å². The molecule has 0 fully saturated rings. The predicted octanol–water partition coefficient (Wildman–Crippen LogP) is 0.542. The lowest BCUT2D eigenvalue weighted by Crippen LogP contribution is -2.50. The Labute approximate surface area is 109 Å². The highest BCUT2D eigenvalue weighted by molar-refractivity contribution is 7.88. The van der Waals surface area contributed by atoms with Crippen molar-refractivity contribution < 1.29 is 8.42 Å². The molecule has 0 unspecified atom stereocenters. The van der Waals surface area contributed by atoms with E-state index in [-0.39, 0.29) is 0 Å². The molecule has 0 amide bonds. The van der Waals surface area contributed by atoms with E-state index in [0.29, 0.717) is 6.54 Å². The molecule has 0 radical (unpaired) electrons. The van der Waals surface area contributed by atoms with E-state index in [1.165, 1.54) is 6.26 Å². The molecule has 0 aromatic carbocycles. The Kier molecular flexibility index (Phi) is 5.25. The van der Waals surface area contributed by atoms with Crippen molar-refractivity contribution in [2.24, 2.45) is 0 Å². The highest BCUT2D eigenvalue weighted by atomic mass is 32.2. The molecule has 0 aliphatic rings. The highest BCUT2D eigenvalue weighted by Crippen LogP contribution is 2.02. The fourth-order valence-corrected chi connectivity index (χ4v) is 2.78. The second-order valence-corrected chi connectivity index (χ2v) is 6.75. The molecule has 1 aromatic rings. The summed E-state index contributed by atoms with van der Waals surface area (Å²) in [4.78, 5) is 4.22. The number of hydrogen-bond donors (Lipinski definition) is 2. The molecule has 18 heavy (non-hydrogen) atoms. The molecule has 0 aliphatic heterocycles. The normalized spacial score (nSPS) is 12.6. The van der Waals surface area contributed by atoms with Crippen molar-refractivity contribution in [1.29, 1.82) is 0 Å². The van der Waals surface area contributed by atoms with Crippen LogP contribution in [0.3, 0.4) is 0 Å². The first-order valence-corrected chi connectivity index (χ1v) is 7.77. The SMILES string of the molecule is CC(C)(CNCCc1ccccn1)NS(C)(=O)=O. The van der Waals surface area contributed by atoms with Gasteiger partial charge in [0.25, 0.3) is 0 Å². The lowest BCUT2D eigenvalue weighted by Gasteiger charge is -2.25. The average Bonchev–Trinajstić information content (AvgIpc) is 2.23. The van der Waals surface area contributed by atoms with Crippen molar-refractivity contribution in [2.45, 2.75) is 25.8 Å². The number of nitrogens with zero attached hydrogens (tertiary/aromatic N) is 1. The molecule has 0 saturated heterocycles. The third kappa shape index (κ3) is 6.68. The molecule has 5 nitrogen and oxygen atoms in total. The van der Waals surface area contributed by atoms with Gasteiger partial charge >= 0.3 is 0 Å². The molecule has 1 rings (SSSR count). The summed E-state index contributed by atoms with van der Waals surface area (Å²) in [5, 5.41) is 3.23. The van der Waals surface area contributed by atoms with Crippen molar-refractivity contribution in [1.82, 2.24) is 15.0 Å². The van der Waals surface area contributed by atoms with E-state index in [9.17, 15) is 8.42 Å². The van der Waals surface area contributed by atoms with Crippen molar-refractivity contribution in [3.05, 3.63) is 30.1 Å². The summed E-state index contributed by atoms with van der Waals surface area (Å²) in [6, 6.07) is 5.81. The highest BCUT2D eigenvalue weighted by Gasteiger charge is 2.21. The van der Waals surface area contributed by atoms with Gasteiger partial charge in [-0.25, -0.2) is 13.1 Å². The monoisotopic (exact) mass is 271 g/mol. The summed E-state index contributed by atoms with van der Waals surface area (Å²) >= 11 is 0. The van der Waals surface area contributed by atoms with Crippen LogP contribution < -0.4 is 10.0 Å². The second-order valence-electron chi connectivity index (χ2n) is 5.01. The predicted molar refractivity (Wildman–Crippen MR) is 72.9 cm³/mol. The second kappa shape index (κ2) is 6.26. The van der Waals surface area contributed by atoms with Crippen LogP contribution in [0.15, 0.2) is 24.4 Å². The van der Waals surface area contributed by atoms with E-state index in [0.717, 1.165) is 18.7 Å². The molecule has 6 heteroatoms. The van der Waals surface area contributed by atoms with Crippen LogP contribution in [0.2, 0.25) is 0 Å². The lowest BCUT2D eigenvalue weighted by atomic mass is 10.1. The number of aromatic nitrogens is 1. The molecule has 2 N–H and O–H groups in total. The molecule has 0 saturated carbocycles. The van der Waals surface area contributed by atoms with Gasteiger partial charge in [-0.15, -0.1) is 0 Å². The Morgan fingerprint density at radius 1 is 1.33 bits per heavy atom. The standard InChI is InChI=1S/C12H21N3O2S/c1-12(2,15-18(3,16)17)10-13-9-7-11-6-4-5-8-14-11/h4-6,8,13,15H,7,9-10H2,1-3H3. The first-order chi connectivity index (χ1) is 8.29. The summed E-state index contributed by atoms with van der Waals surface area (Å²) < 4.78 is 24.9.